The van der Waals surface area contributed by atoms with Crippen LogP contribution >= 0.6 is 0 Å². The molecule has 0 fully saturated rings. The Kier molecular flexibility index (Phi) is 3.02. The molecule has 0 aromatic carbocycles. The zero-order valence-electron chi connectivity index (χ0n) is 6.86. The Bertz CT molecular complexity index is 132. The van der Waals surface area contributed by atoms with Crippen LogP contribution in [-0.2, 0) is 4.79 Å². The summed E-state index contributed by atoms with van der Waals surface area (Å²) in [5, 5.41) is 2.29. The maximum Gasteiger partial charge on any atom is 0.250 e. The fraction of sp³-hybridized carbons (Fsp3) is 0.833. The van der Waals surface area contributed by atoms with Gasteiger partial charge >= 0.3 is 0 Å². The van der Waals surface area contributed by atoms with Gasteiger partial charge in [0.15, 0.2) is 5.79 Å². The molecular weight excluding hydrogens is 149 g/mol. The topological polar surface area (TPSA) is 29.1 Å². The van der Waals surface area contributed by atoms with E-state index in [2.05, 4.69) is 5.32 Å². The second-order valence-corrected chi connectivity index (χ2v) is 8.58. The minimum absolute atomic E-state index is 0.487. The zero-order valence-corrected chi connectivity index (χ0v) is 7.86. The number of carbonyl (C=O) groups excluding carboxylic acids is 1. The van der Waals surface area contributed by atoms with Crippen LogP contribution in [0.15, 0.2) is 0 Å². The molecule has 1 N–H and O–H groups in total. The zero-order chi connectivity index (χ0) is 8.36. The van der Waals surface area contributed by atoms with Crippen LogP contribution in [0.3, 0.4) is 0 Å². The molecule has 60 valence electrons. The average molecular weight is 163 g/mol. The first kappa shape index (κ1) is 9.62. The molecule has 0 bridgehead atoms. The van der Waals surface area contributed by atoms with Crippen LogP contribution in [0.1, 0.15) is 0 Å². The molecule has 0 aliphatic carbocycles. The highest BCUT2D eigenvalue weighted by Gasteiger charge is 2.32. The van der Waals surface area contributed by atoms with E-state index in [0.29, 0.717) is 0 Å². The summed E-state index contributed by atoms with van der Waals surface area (Å²) in [5.41, 5.74) is 0. The smallest absolute Gasteiger partial charge is 0.250 e. The highest BCUT2D eigenvalue weighted by Crippen LogP contribution is 2.10. The molecule has 0 saturated heterocycles. The van der Waals surface area contributed by atoms with Crippen molar-refractivity contribution in [1.29, 1.82) is 0 Å². The van der Waals surface area contributed by atoms with Crippen LogP contribution < -0.4 is 5.32 Å². The van der Waals surface area contributed by atoms with Gasteiger partial charge in [0.25, 0.3) is 5.91 Å². The monoisotopic (exact) mass is 163 g/mol. The first-order chi connectivity index (χ1) is 4.39. The number of halogens is 1. The highest BCUT2D eigenvalue weighted by atomic mass is 28.3. The molecule has 0 heterocycles. The summed E-state index contributed by atoms with van der Waals surface area (Å²) in [5.74, 6) is -1.77. The van der Waals surface area contributed by atoms with E-state index in [1.54, 1.807) is 0 Å². The van der Waals surface area contributed by atoms with Gasteiger partial charge in [0, 0.05) is 7.05 Å². The summed E-state index contributed by atoms with van der Waals surface area (Å²) < 4.78 is 13.0. The largest absolute Gasteiger partial charge is 0.357 e. The number of hydrogen-bond acceptors (Lipinski definition) is 1. The highest BCUT2D eigenvalue weighted by molar-refractivity contribution is 6.80. The maximum absolute atomic E-state index is 13.0. The van der Waals surface area contributed by atoms with E-state index in [-0.39, 0.29) is 0 Å². The number of carbonyl (C=O) groups is 1. The number of hydrogen-bond donors (Lipinski definition) is 1. The van der Waals surface area contributed by atoms with Gasteiger partial charge in [0.2, 0.25) is 0 Å². The maximum atomic E-state index is 13.0. The van der Waals surface area contributed by atoms with Crippen molar-refractivity contribution in [3.63, 3.8) is 0 Å². The van der Waals surface area contributed by atoms with Crippen molar-refractivity contribution in [2.24, 2.45) is 0 Å². The van der Waals surface area contributed by atoms with Crippen LogP contribution in [0.5, 0.6) is 0 Å². The van der Waals surface area contributed by atoms with Crippen molar-refractivity contribution in [2.45, 2.75) is 25.4 Å². The minimum atomic E-state index is -1.92. The predicted octanol–water partition coefficient (Wildman–Crippen LogP) is 0.948. The quantitative estimate of drug-likeness (QED) is 0.603. The average Bonchev–Trinajstić information content (AvgIpc) is 1.83. The molecule has 0 saturated carbocycles. The van der Waals surface area contributed by atoms with Gasteiger partial charge in [-0.1, -0.05) is 19.6 Å². The second kappa shape index (κ2) is 3.14. The van der Waals surface area contributed by atoms with E-state index in [4.69, 9.17) is 0 Å². The molecule has 1 atom stereocenters. The first-order valence-corrected chi connectivity index (χ1v) is 6.83. The van der Waals surface area contributed by atoms with Crippen molar-refractivity contribution in [2.75, 3.05) is 7.05 Å². The summed E-state index contributed by atoms with van der Waals surface area (Å²) in [6, 6.07) is 0. The summed E-state index contributed by atoms with van der Waals surface area (Å²) in [4.78, 5) is 10.7. The predicted molar refractivity (Wildman–Crippen MR) is 42.3 cm³/mol. The molecule has 0 aliphatic rings. The molecule has 0 aliphatic heterocycles. The molecule has 1 unspecified atom stereocenters. The van der Waals surface area contributed by atoms with Crippen molar-refractivity contribution < 1.29 is 9.18 Å². The van der Waals surface area contributed by atoms with Gasteiger partial charge in [0.05, 0.1) is 8.07 Å². The van der Waals surface area contributed by atoms with Gasteiger partial charge in [-0.05, 0) is 0 Å². The number of alkyl halides is 1. The van der Waals surface area contributed by atoms with Gasteiger partial charge in [-0.3, -0.25) is 4.79 Å². The molecule has 0 rings (SSSR count). The third kappa shape index (κ3) is 2.47. The number of amides is 1. The fourth-order valence-corrected chi connectivity index (χ4v) is 1.45. The van der Waals surface area contributed by atoms with Gasteiger partial charge in [-0.25, -0.2) is 4.39 Å². The Labute approximate surface area is 61.8 Å². The van der Waals surface area contributed by atoms with Crippen molar-refractivity contribution in [3.05, 3.63) is 0 Å². The second-order valence-electron chi connectivity index (χ2n) is 3.34. The van der Waals surface area contributed by atoms with Crippen LogP contribution in [-0.4, -0.2) is 26.8 Å². The molecular formula is C6H14FNOSi. The van der Waals surface area contributed by atoms with Gasteiger partial charge in [-0.2, -0.15) is 0 Å². The molecule has 0 spiro atoms. The van der Waals surface area contributed by atoms with Crippen molar-refractivity contribution in [3.8, 4) is 0 Å². The summed E-state index contributed by atoms with van der Waals surface area (Å²) in [6.07, 6.45) is 0. The Hall–Kier alpha value is -0.383. The van der Waals surface area contributed by atoms with E-state index >= 15 is 0 Å². The standard InChI is InChI=1S/C6H14FNOSi/c1-8-6(9)5(7)10(2,3)4/h5H,1-4H3,(H,8,9). The molecule has 0 aromatic rings. The molecule has 1 amide bonds. The minimum Gasteiger partial charge on any atom is -0.357 e. The Balaban J connectivity index is 4.08. The van der Waals surface area contributed by atoms with E-state index in [0.717, 1.165) is 0 Å². The Morgan fingerprint density at radius 3 is 2.00 bits per heavy atom. The summed E-state index contributed by atoms with van der Waals surface area (Å²) in [7, 11) is -0.470. The lowest BCUT2D eigenvalue weighted by Gasteiger charge is -2.19. The van der Waals surface area contributed by atoms with Crippen molar-refractivity contribution >= 4 is 14.0 Å². The molecule has 2 nitrogen and oxygen atoms in total. The van der Waals surface area contributed by atoms with Crippen LogP contribution in [0.4, 0.5) is 4.39 Å². The van der Waals surface area contributed by atoms with Gasteiger partial charge in [-0.15, -0.1) is 0 Å². The van der Waals surface area contributed by atoms with Crippen LogP contribution in [0.25, 0.3) is 0 Å². The number of rotatable bonds is 2. The van der Waals surface area contributed by atoms with Crippen LogP contribution in [0.2, 0.25) is 19.6 Å². The summed E-state index contributed by atoms with van der Waals surface area (Å²) >= 11 is 0. The van der Waals surface area contributed by atoms with Gasteiger partial charge in [0.1, 0.15) is 0 Å². The Morgan fingerprint density at radius 1 is 1.50 bits per heavy atom. The lowest BCUT2D eigenvalue weighted by atomic mass is 10.7. The van der Waals surface area contributed by atoms with Gasteiger partial charge < -0.3 is 5.32 Å². The Morgan fingerprint density at radius 2 is 1.90 bits per heavy atom. The lowest BCUT2D eigenvalue weighted by molar-refractivity contribution is -0.123. The van der Waals surface area contributed by atoms with E-state index < -0.39 is 19.8 Å². The normalized spacial score (nSPS) is 14.5. The molecule has 0 aromatic heterocycles. The van der Waals surface area contributed by atoms with Crippen molar-refractivity contribution in [1.82, 2.24) is 5.32 Å². The SMILES string of the molecule is CNC(=O)C(F)[Si](C)(C)C. The third-order valence-electron chi connectivity index (χ3n) is 1.24. The van der Waals surface area contributed by atoms with E-state index in [1.165, 1.54) is 7.05 Å². The van der Waals surface area contributed by atoms with Crippen LogP contribution in [0, 0.1) is 0 Å². The van der Waals surface area contributed by atoms with E-state index in [9.17, 15) is 9.18 Å². The lowest BCUT2D eigenvalue weighted by Crippen LogP contribution is -2.45. The summed E-state index contributed by atoms with van der Waals surface area (Å²) in [6.45, 7) is 5.48. The third-order valence-corrected chi connectivity index (χ3v) is 3.02. The number of nitrogens with one attached hydrogen (secondary N) is 1. The fourth-order valence-electron chi connectivity index (χ4n) is 0.520. The molecule has 4 heteroatoms. The molecule has 10 heavy (non-hydrogen) atoms. The molecule has 0 radical (unpaired) electrons. The van der Waals surface area contributed by atoms with E-state index in [1.807, 2.05) is 19.6 Å². The first-order valence-electron chi connectivity index (χ1n) is 3.25.